The van der Waals surface area contributed by atoms with Crippen molar-refractivity contribution < 1.29 is 26.3 Å². The van der Waals surface area contributed by atoms with Gasteiger partial charge in [-0.15, -0.1) is 13.2 Å². The Bertz CT molecular complexity index is 990. The second-order valence-corrected chi connectivity index (χ2v) is 8.29. The minimum absolute atomic E-state index is 0.0674. The van der Waals surface area contributed by atoms with Gasteiger partial charge in [0.15, 0.2) is 15.8 Å². The van der Waals surface area contributed by atoms with Crippen LogP contribution in [0.3, 0.4) is 0 Å². The van der Waals surface area contributed by atoms with Gasteiger partial charge in [-0.2, -0.15) is 0 Å². The Labute approximate surface area is 167 Å². The first kappa shape index (κ1) is 22.5. The van der Waals surface area contributed by atoms with Gasteiger partial charge in [0, 0.05) is 32.0 Å². The smallest absolute Gasteiger partial charge is 0.405 e. The molecule has 0 atom stereocenters. The van der Waals surface area contributed by atoms with Gasteiger partial charge < -0.3 is 15.4 Å². The zero-order chi connectivity index (χ0) is 21.7. The van der Waals surface area contributed by atoms with Gasteiger partial charge in [0.25, 0.3) is 0 Å². The summed E-state index contributed by atoms with van der Waals surface area (Å²) in [6, 6.07) is 10.8. The fraction of sp³-hybridized carbons (Fsp3) is 0.316. The van der Waals surface area contributed by atoms with Crippen LogP contribution in [0.4, 0.5) is 13.2 Å². The van der Waals surface area contributed by atoms with E-state index >= 15 is 0 Å². The molecule has 0 aromatic heterocycles. The highest BCUT2D eigenvalue weighted by Crippen LogP contribution is 2.26. The Morgan fingerprint density at radius 2 is 1.76 bits per heavy atom. The standard InChI is InChI=1S/C19H22F3N3O3S/c1-13-10-14(8-9-17(13)29(3,26)27)11-24-18(23-2)25-12-15-6-4-5-7-16(15)28-19(20,21)22/h4-10H,11-12H2,1-3H3,(H2,23,24,25). The van der Waals surface area contributed by atoms with Crippen molar-refractivity contribution in [1.29, 1.82) is 0 Å². The number of aliphatic imine (C=N–C) groups is 1. The summed E-state index contributed by atoms with van der Waals surface area (Å²) in [7, 11) is -1.76. The zero-order valence-electron chi connectivity index (χ0n) is 16.2. The van der Waals surface area contributed by atoms with Crippen molar-refractivity contribution in [2.75, 3.05) is 13.3 Å². The third-order valence-corrected chi connectivity index (χ3v) is 5.22. The average molecular weight is 429 g/mol. The summed E-state index contributed by atoms with van der Waals surface area (Å²) >= 11 is 0. The Morgan fingerprint density at radius 1 is 1.10 bits per heavy atom. The molecule has 2 N–H and O–H groups in total. The SMILES string of the molecule is CN=C(NCc1ccc(S(C)(=O)=O)c(C)c1)NCc1ccccc1OC(F)(F)F. The summed E-state index contributed by atoms with van der Waals surface area (Å²) in [5.41, 5.74) is 1.78. The van der Waals surface area contributed by atoms with Crippen molar-refractivity contribution in [3.05, 3.63) is 59.2 Å². The van der Waals surface area contributed by atoms with E-state index in [0.717, 1.165) is 11.8 Å². The Balaban J connectivity index is 2.00. The first-order valence-electron chi connectivity index (χ1n) is 8.57. The van der Waals surface area contributed by atoms with Gasteiger partial charge >= 0.3 is 6.36 Å². The molecule has 0 aliphatic heterocycles. The minimum Gasteiger partial charge on any atom is -0.405 e. The fourth-order valence-electron chi connectivity index (χ4n) is 2.70. The van der Waals surface area contributed by atoms with Gasteiger partial charge in [0.2, 0.25) is 0 Å². The molecule has 0 amide bonds. The quantitative estimate of drug-likeness (QED) is 0.545. The van der Waals surface area contributed by atoms with Crippen LogP contribution in [-0.2, 0) is 22.9 Å². The van der Waals surface area contributed by atoms with Crippen molar-refractivity contribution in [2.24, 2.45) is 4.99 Å². The summed E-state index contributed by atoms with van der Waals surface area (Å²) in [5, 5.41) is 5.96. The van der Waals surface area contributed by atoms with Crippen LogP contribution in [-0.4, -0.2) is 34.0 Å². The van der Waals surface area contributed by atoms with E-state index in [2.05, 4.69) is 20.4 Å². The van der Waals surface area contributed by atoms with Gasteiger partial charge in [-0.25, -0.2) is 8.42 Å². The van der Waals surface area contributed by atoms with Crippen LogP contribution in [0.15, 0.2) is 52.4 Å². The number of nitrogens with zero attached hydrogens (tertiary/aromatic N) is 1. The molecule has 0 unspecified atom stereocenters. The molecule has 29 heavy (non-hydrogen) atoms. The van der Waals surface area contributed by atoms with E-state index in [1.54, 1.807) is 31.2 Å². The first-order chi connectivity index (χ1) is 13.5. The zero-order valence-corrected chi connectivity index (χ0v) is 17.0. The molecule has 2 rings (SSSR count). The maximum absolute atomic E-state index is 12.5. The van der Waals surface area contributed by atoms with Crippen LogP contribution in [0.5, 0.6) is 5.75 Å². The predicted octanol–water partition coefficient (Wildman–Crippen LogP) is 3.16. The summed E-state index contributed by atoms with van der Waals surface area (Å²) < 4.78 is 64.9. The van der Waals surface area contributed by atoms with Gasteiger partial charge in [0.1, 0.15) is 5.75 Å². The van der Waals surface area contributed by atoms with Crippen molar-refractivity contribution in [3.8, 4) is 5.75 Å². The molecule has 0 aliphatic rings. The summed E-state index contributed by atoms with van der Waals surface area (Å²) in [6.45, 7) is 2.13. The molecule has 0 fully saturated rings. The maximum Gasteiger partial charge on any atom is 0.573 e. The molecule has 10 heteroatoms. The fourth-order valence-corrected chi connectivity index (χ4v) is 3.66. The predicted molar refractivity (Wildman–Crippen MR) is 104 cm³/mol. The highest BCUT2D eigenvalue weighted by molar-refractivity contribution is 7.90. The topological polar surface area (TPSA) is 79.8 Å². The van der Waals surface area contributed by atoms with Gasteiger partial charge in [-0.1, -0.05) is 30.3 Å². The lowest BCUT2D eigenvalue weighted by Gasteiger charge is -2.16. The molecular formula is C19H22F3N3O3S. The molecule has 0 saturated heterocycles. The maximum atomic E-state index is 12.5. The van der Waals surface area contributed by atoms with Gasteiger partial charge in [-0.3, -0.25) is 4.99 Å². The first-order valence-corrected chi connectivity index (χ1v) is 10.5. The Hall–Kier alpha value is -2.75. The number of rotatable bonds is 6. The molecule has 0 saturated carbocycles. The van der Waals surface area contributed by atoms with E-state index in [-0.39, 0.29) is 17.2 Å². The second kappa shape index (κ2) is 9.17. The molecule has 2 aromatic carbocycles. The van der Waals surface area contributed by atoms with Crippen LogP contribution in [0, 0.1) is 6.92 Å². The van der Waals surface area contributed by atoms with E-state index in [1.807, 2.05) is 0 Å². The van der Waals surface area contributed by atoms with Crippen molar-refractivity contribution in [3.63, 3.8) is 0 Å². The molecule has 0 aliphatic carbocycles. The van der Waals surface area contributed by atoms with E-state index in [9.17, 15) is 21.6 Å². The van der Waals surface area contributed by atoms with Crippen molar-refractivity contribution >= 4 is 15.8 Å². The number of hydrogen-bond acceptors (Lipinski definition) is 4. The second-order valence-electron chi connectivity index (χ2n) is 6.31. The number of para-hydroxylation sites is 1. The van der Waals surface area contributed by atoms with E-state index in [1.165, 1.54) is 25.2 Å². The molecule has 0 bridgehead atoms. The van der Waals surface area contributed by atoms with Crippen LogP contribution in [0.25, 0.3) is 0 Å². The van der Waals surface area contributed by atoms with Crippen LogP contribution >= 0.6 is 0 Å². The molecule has 0 spiro atoms. The van der Waals surface area contributed by atoms with Crippen molar-refractivity contribution in [1.82, 2.24) is 10.6 Å². The van der Waals surface area contributed by atoms with Gasteiger partial charge in [0.05, 0.1) is 4.90 Å². The molecule has 0 radical (unpaired) electrons. The lowest BCUT2D eigenvalue weighted by molar-refractivity contribution is -0.274. The molecule has 2 aromatic rings. The Morgan fingerprint density at radius 3 is 2.34 bits per heavy atom. The van der Waals surface area contributed by atoms with Crippen LogP contribution in [0.1, 0.15) is 16.7 Å². The number of nitrogens with one attached hydrogen (secondary N) is 2. The number of hydrogen-bond donors (Lipinski definition) is 2. The van der Waals surface area contributed by atoms with Gasteiger partial charge in [-0.05, 0) is 30.2 Å². The summed E-state index contributed by atoms with van der Waals surface area (Å²) in [4.78, 5) is 4.31. The van der Waals surface area contributed by atoms with Crippen LogP contribution in [0.2, 0.25) is 0 Å². The molecule has 158 valence electrons. The number of alkyl halides is 3. The summed E-state index contributed by atoms with van der Waals surface area (Å²) in [5.74, 6) is 0.0894. The molecule has 0 heterocycles. The van der Waals surface area contributed by atoms with E-state index in [0.29, 0.717) is 23.6 Å². The largest absolute Gasteiger partial charge is 0.573 e. The lowest BCUT2D eigenvalue weighted by atomic mass is 10.1. The van der Waals surface area contributed by atoms with Crippen molar-refractivity contribution in [2.45, 2.75) is 31.3 Å². The third kappa shape index (κ3) is 6.97. The lowest BCUT2D eigenvalue weighted by Crippen LogP contribution is -2.36. The highest BCUT2D eigenvalue weighted by Gasteiger charge is 2.31. The average Bonchev–Trinajstić information content (AvgIpc) is 2.60. The number of sulfone groups is 1. The van der Waals surface area contributed by atoms with E-state index in [4.69, 9.17) is 0 Å². The van der Waals surface area contributed by atoms with E-state index < -0.39 is 16.2 Å². The third-order valence-electron chi connectivity index (χ3n) is 3.97. The molecular weight excluding hydrogens is 407 g/mol. The number of ether oxygens (including phenoxy) is 1. The molecule has 6 nitrogen and oxygen atoms in total. The normalized spacial score (nSPS) is 12.6. The monoisotopic (exact) mass is 429 g/mol. The number of benzene rings is 2. The number of guanidine groups is 1. The summed E-state index contributed by atoms with van der Waals surface area (Å²) in [6.07, 6.45) is -3.62. The minimum atomic E-state index is -4.77. The van der Waals surface area contributed by atoms with Crippen LogP contribution < -0.4 is 15.4 Å². The number of aryl methyl sites for hydroxylation is 1. The Kier molecular flexibility index (Phi) is 7.12. The number of halogens is 3. The highest BCUT2D eigenvalue weighted by atomic mass is 32.2.